The van der Waals surface area contributed by atoms with Crippen molar-refractivity contribution in [1.29, 1.82) is 5.26 Å². The number of nitrogens with one attached hydrogen (secondary N) is 1. The Labute approximate surface area is 135 Å². The van der Waals surface area contributed by atoms with Crippen LogP contribution in [0.1, 0.15) is 42.2 Å². The van der Waals surface area contributed by atoms with Crippen molar-refractivity contribution in [2.45, 2.75) is 45.1 Å². The molecule has 1 atom stereocenters. The number of carbonyl (C=O) groups is 1. The van der Waals surface area contributed by atoms with Crippen LogP contribution >= 0.6 is 11.3 Å². The van der Waals surface area contributed by atoms with Crippen LogP contribution in [0.4, 0.5) is 5.00 Å². The Morgan fingerprint density at radius 2 is 2.18 bits per heavy atom. The number of thiophene rings is 1. The molecule has 5 nitrogen and oxygen atoms in total. The van der Waals surface area contributed by atoms with Crippen molar-refractivity contribution in [3.63, 3.8) is 0 Å². The van der Waals surface area contributed by atoms with Crippen molar-refractivity contribution < 1.29 is 9.90 Å². The van der Waals surface area contributed by atoms with E-state index in [1.165, 1.54) is 11.3 Å². The highest BCUT2D eigenvalue weighted by molar-refractivity contribution is 7.16. The van der Waals surface area contributed by atoms with Crippen molar-refractivity contribution in [3.05, 3.63) is 16.0 Å². The van der Waals surface area contributed by atoms with Gasteiger partial charge in [0.15, 0.2) is 0 Å². The van der Waals surface area contributed by atoms with Crippen LogP contribution in [-0.2, 0) is 17.6 Å². The number of rotatable bonds is 5. The minimum atomic E-state index is -0.347. The van der Waals surface area contributed by atoms with E-state index in [9.17, 15) is 10.1 Å². The fourth-order valence-electron chi connectivity index (χ4n) is 2.72. The molecule has 0 saturated carbocycles. The van der Waals surface area contributed by atoms with E-state index in [1.807, 2.05) is 0 Å². The molecule has 1 unspecified atom stereocenters. The van der Waals surface area contributed by atoms with Gasteiger partial charge in [-0.15, -0.1) is 11.3 Å². The number of nitriles is 1. The molecule has 1 aromatic rings. The molecule has 2 N–H and O–H groups in total. The van der Waals surface area contributed by atoms with Gasteiger partial charge in [-0.05, 0) is 45.2 Å². The van der Waals surface area contributed by atoms with Crippen molar-refractivity contribution in [2.24, 2.45) is 0 Å². The summed E-state index contributed by atoms with van der Waals surface area (Å²) in [5.41, 5.74) is 1.78. The van der Waals surface area contributed by atoms with Gasteiger partial charge in [0.1, 0.15) is 11.1 Å². The van der Waals surface area contributed by atoms with E-state index < -0.39 is 0 Å². The second-order valence-electron chi connectivity index (χ2n) is 5.75. The number of likely N-dealkylation sites (N-methyl/N-ethyl adjacent to an activating group) is 1. The number of hydrogen-bond donors (Lipinski definition) is 2. The largest absolute Gasteiger partial charge is 0.395 e. The molecule has 1 aliphatic carbocycles. The number of nitrogens with zero attached hydrogens (tertiary/aromatic N) is 2. The Hall–Kier alpha value is -1.42. The van der Waals surface area contributed by atoms with Crippen molar-refractivity contribution in [3.8, 4) is 6.07 Å². The summed E-state index contributed by atoms with van der Waals surface area (Å²) in [7, 11) is 1.80. The van der Waals surface area contributed by atoms with Crippen LogP contribution in [0.5, 0.6) is 0 Å². The summed E-state index contributed by atoms with van der Waals surface area (Å²) in [6.07, 6.45) is 5.41. The number of aryl methyl sites for hydroxylation is 1. The first kappa shape index (κ1) is 16.9. The third-order valence-electron chi connectivity index (χ3n) is 4.26. The third kappa shape index (κ3) is 3.67. The molecular formula is C16H23N3O2S. The smallest absolute Gasteiger partial charge is 0.242 e. The van der Waals surface area contributed by atoms with Gasteiger partial charge in [-0.25, -0.2) is 0 Å². The summed E-state index contributed by atoms with van der Waals surface area (Å²) in [5, 5.41) is 22.0. The summed E-state index contributed by atoms with van der Waals surface area (Å²) in [4.78, 5) is 15.4. The van der Waals surface area contributed by atoms with Crippen LogP contribution in [0.15, 0.2) is 0 Å². The van der Waals surface area contributed by atoms with Crippen LogP contribution in [-0.4, -0.2) is 42.2 Å². The number of amides is 1. The number of anilines is 1. The Bertz CT molecular complexity index is 577. The molecule has 2 rings (SSSR count). The summed E-state index contributed by atoms with van der Waals surface area (Å²) >= 11 is 1.55. The number of aliphatic hydroxyl groups excluding tert-OH is 1. The van der Waals surface area contributed by atoms with Crippen molar-refractivity contribution in [1.82, 2.24) is 4.90 Å². The molecule has 0 aliphatic heterocycles. The Morgan fingerprint density at radius 3 is 2.86 bits per heavy atom. The van der Waals surface area contributed by atoms with Crippen LogP contribution in [0.3, 0.4) is 0 Å². The molecule has 0 bridgehead atoms. The maximum absolute atomic E-state index is 12.3. The number of hydrogen-bond acceptors (Lipinski definition) is 5. The molecule has 1 amide bonds. The molecule has 1 aliphatic rings. The van der Waals surface area contributed by atoms with Gasteiger partial charge in [-0.2, -0.15) is 5.26 Å². The highest BCUT2D eigenvalue weighted by Crippen LogP contribution is 2.37. The molecule has 1 aromatic heterocycles. The molecule has 0 fully saturated rings. The van der Waals surface area contributed by atoms with Gasteiger partial charge in [0, 0.05) is 11.4 Å². The van der Waals surface area contributed by atoms with Gasteiger partial charge in [-0.3, -0.25) is 9.69 Å². The summed E-state index contributed by atoms with van der Waals surface area (Å²) in [6, 6.07) is 1.93. The number of carbonyl (C=O) groups excluding carboxylic acids is 1. The molecule has 0 radical (unpaired) electrons. The lowest BCUT2D eigenvalue weighted by molar-refractivity contribution is -0.120. The van der Waals surface area contributed by atoms with Gasteiger partial charge in [0.2, 0.25) is 5.91 Å². The van der Waals surface area contributed by atoms with E-state index in [4.69, 9.17) is 5.11 Å². The topological polar surface area (TPSA) is 76.4 Å². The van der Waals surface area contributed by atoms with Gasteiger partial charge in [-0.1, -0.05) is 6.42 Å². The van der Waals surface area contributed by atoms with E-state index in [0.29, 0.717) is 17.1 Å². The minimum Gasteiger partial charge on any atom is -0.395 e. The predicted molar refractivity (Wildman–Crippen MR) is 88.1 cm³/mol. The highest BCUT2D eigenvalue weighted by Gasteiger charge is 2.23. The lowest BCUT2D eigenvalue weighted by Gasteiger charge is -2.22. The van der Waals surface area contributed by atoms with Crippen LogP contribution in [0.2, 0.25) is 0 Å². The molecule has 120 valence electrons. The predicted octanol–water partition coefficient (Wildman–Crippen LogP) is 2.14. The van der Waals surface area contributed by atoms with Crippen LogP contribution < -0.4 is 5.32 Å². The normalized spacial score (nSPS) is 15.8. The number of fused-ring (bicyclic) bond motifs is 1. The zero-order chi connectivity index (χ0) is 16.1. The Kier molecular flexibility index (Phi) is 5.95. The maximum atomic E-state index is 12.3. The molecule has 22 heavy (non-hydrogen) atoms. The fraction of sp³-hybridized carbons (Fsp3) is 0.625. The van der Waals surface area contributed by atoms with Crippen molar-refractivity contribution >= 4 is 22.2 Å². The summed E-state index contributed by atoms with van der Waals surface area (Å²) in [6.45, 7) is 2.26. The van der Waals surface area contributed by atoms with Crippen molar-refractivity contribution in [2.75, 3.05) is 25.5 Å². The lowest BCUT2D eigenvalue weighted by atomic mass is 10.1. The van der Waals surface area contributed by atoms with Crippen LogP contribution in [0.25, 0.3) is 0 Å². The van der Waals surface area contributed by atoms with Gasteiger partial charge in [0.05, 0.1) is 18.2 Å². The first-order valence-electron chi connectivity index (χ1n) is 7.75. The molecule has 0 spiro atoms. The van der Waals surface area contributed by atoms with E-state index in [2.05, 4.69) is 11.4 Å². The Morgan fingerprint density at radius 1 is 1.45 bits per heavy atom. The third-order valence-corrected chi connectivity index (χ3v) is 5.47. The van der Waals surface area contributed by atoms with E-state index in [0.717, 1.165) is 31.2 Å². The maximum Gasteiger partial charge on any atom is 0.242 e. The second-order valence-corrected chi connectivity index (χ2v) is 6.85. The van der Waals surface area contributed by atoms with Gasteiger partial charge >= 0.3 is 0 Å². The molecule has 6 heteroatoms. The summed E-state index contributed by atoms with van der Waals surface area (Å²) < 4.78 is 0. The zero-order valence-corrected chi connectivity index (χ0v) is 14.0. The molecular weight excluding hydrogens is 298 g/mol. The van der Waals surface area contributed by atoms with Gasteiger partial charge in [0.25, 0.3) is 0 Å². The zero-order valence-electron chi connectivity index (χ0n) is 13.2. The fourth-order valence-corrected chi connectivity index (χ4v) is 3.96. The Balaban J connectivity index is 2.16. The average molecular weight is 321 g/mol. The first-order chi connectivity index (χ1) is 10.6. The molecule has 0 aromatic carbocycles. The van der Waals surface area contributed by atoms with Crippen LogP contribution in [0, 0.1) is 11.3 Å². The second kappa shape index (κ2) is 7.73. The van der Waals surface area contributed by atoms with E-state index in [1.54, 1.807) is 30.2 Å². The quantitative estimate of drug-likeness (QED) is 0.815. The molecule has 1 heterocycles. The monoisotopic (exact) mass is 321 g/mol. The number of aliphatic hydroxyl groups is 1. The van der Waals surface area contributed by atoms with E-state index in [-0.39, 0.29) is 18.6 Å². The van der Waals surface area contributed by atoms with Gasteiger partial charge < -0.3 is 10.4 Å². The standard InChI is InChI=1S/C16H23N3O2S/c1-11(19(2)8-9-20)15(21)18-16-13(10-17)12-6-4-3-5-7-14(12)22-16/h11,20H,3-9H2,1-2H3,(H,18,21). The highest BCUT2D eigenvalue weighted by atomic mass is 32.1. The first-order valence-corrected chi connectivity index (χ1v) is 8.56. The summed E-state index contributed by atoms with van der Waals surface area (Å²) in [5.74, 6) is -0.135. The minimum absolute atomic E-state index is 0.0187. The average Bonchev–Trinajstić information content (AvgIpc) is 2.67. The van der Waals surface area contributed by atoms with E-state index >= 15 is 0 Å². The molecule has 0 saturated heterocycles. The SMILES string of the molecule is CC(C(=O)Nc1sc2c(c1C#N)CCCCC2)N(C)CCO. The lowest BCUT2D eigenvalue weighted by Crippen LogP contribution is -2.40.